The minimum absolute atomic E-state index is 0.505. The number of unbranched alkanes of at least 4 members (excludes halogenated alkanes) is 5. The van der Waals surface area contributed by atoms with Crippen molar-refractivity contribution in [2.45, 2.75) is 38.5 Å². The minimum Gasteiger partial charge on any atom is -0.370 e. The van der Waals surface area contributed by atoms with E-state index in [1.165, 1.54) is 12.5 Å². The second-order valence-corrected chi connectivity index (χ2v) is 3.27. The third-order valence-corrected chi connectivity index (χ3v) is 2.00. The van der Waals surface area contributed by atoms with Crippen LogP contribution in [0.25, 0.3) is 0 Å². The Morgan fingerprint density at radius 3 is 2.40 bits per heavy atom. The number of rotatable bonds is 9. The molecule has 0 aliphatic rings. The molecule has 5 nitrogen and oxygen atoms in total. The van der Waals surface area contributed by atoms with Crippen molar-refractivity contribution in [1.82, 2.24) is 0 Å². The predicted octanol–water partition coefficient (Wildman–Crippen LogP) is 1.19. The highest BCUT2D eigenvalue weighted by atomic mass is 16.7. The highest BCUT2D eigenvalue weighted by molar-refractivity contribution is 5.81. The van der Waals surface area contributed by atoms with Crippen LogP contribution in [0.4, 0.5) is 0 Å². The molecular formula is C10H20N2O3. The minimum atomic E-state index is -0.505. The zero-order valence-corrected chi connectivity index (χ0v) is 8.98. The molecule has 0 atom stereocenters. The summed E-state index contributed by atoms with van der Waals surface area (Å²) < 4.78 is 0. The van der Waals surface area contributed by atoms with E-state index < -0.39 is 5.97 Å². The van der Waals surface area contributed by atoms with E-state index in [1.54, 1.807) is 6.08 Å². The van der Waals surface area contributed by atoms with Crippen LogP contribution in [0.3, 0.4) is 0 Å². The van der Waals surface area contributed by atoms with E-state index in [4.69, 9.17) is 5.90 Å². The summed E-state index contributed by atoms with van der Waals surface area (Å²) in [5.41, 5.74) is 0. The average Bonchev–Trinajstić information content (AvgIpc) is 2.26. The van der Waals surface area contributed by atoms with Gasteiger partial charge in [-0.05, 0) is 19.3 Å². The maximum Gasteiger partial charge on any atom is 0.348 e. The lowest BCUT2D eigenvalue weighted by atomic mass is 10.1. The van der Waals surface area contributed by atoms with E-state index in [1.807, 2.05) is 0 Å². The quantitative estimate of drug-likeness (QED) is 0.343. The Morgan fingerprint density at radius 1 is 1.07 bits per heavy atom. The van der Waals surface area contributed by atoms with Gasteiger partial charge in [0.25, 0.3) is 0 Å². The molecule has 88 valence electrons. The van der Waals surface area contributed by atoms with Gasteiger partial charge in [-0.25, -0.2) is 10.7 Å². The number of carbonyl (C=O) groups excluding carboxylic acids is 1. The molecule has 0 fully saturated rings. The van der Waals surface area contributed by atoms with Gasteiger partial charge in [0.05, 0.1) is 6.61 Å². The topological polar surface area (TPSA) is 87.6 Å². The van der Waals surface area contributed by atoms with Crippen LogP contribution in [0.15, 0.2) is 12.2 Å². The van der Waals surface area contributed by atoms with Crippen molar-refractivity contribution < 1.29 is 14.5 Å². The van der Waals surface area contributed by atoms with Gasteiger partial charge in [-0.2, -0.15) is 5.90 Å². The smallest absolute Gasteiger partial charge is 0.348 e. The van der Waals surface area contributed by atoms with Crippen LogP contribution in [0, 0.1) is 0 Å². The molecule has 0 bridgehead atoms. The fraction of sp³-hybridized carbons (Fsp3) is 0.700. The summed E-state index contributed by atoms with van der Waals surface area (Å²) in [7, 11) is 0. The van der Waals surface area contributed by atoms with E-state index in [0.29, 0.717) is 6.61 Å². The molecule has 0 aliphatic carbocycles. The highest BCUT2D eigenvalue weighted by Crippen LogP contribution is 2.05. The van der Waals surface area contributed by atoms with Crippen LogP contribution in [0.2, 0.25) is 0 Å². The first kappa shape index (κ1) is 14.1. The van der Waals surface area contributed by atoms with Crippen LogP contribution >= 0.6 is 0 Å². The number of nitrogens with two attached hydrogens (primary N) is 2. The summed E-state index contributed by atoms with van der Waals surface area (Å²) in [5.74, 6) is 9.04. The third-order valence-electron chi connectivity index (χ3n) is 2.00. The summed E-state index contributed by atoms with van der Waals surface area (Å²) >= 11 is 0. The lowest BCUT2D eigenvalue weighted by Crippen LogP contribution is -2.05. The highest BCUT2D eigenvalue weighted by Gasteiger charge is 1.92. The predicted molar refractivity (Wildman–Crippen MR) is 57.3 cm³/mol. The lowest BCUT2D eigenvalue weighted by Gasteiger charge is -1.98. The first-order valence-corrected chi connectivity index (χ1v) is 5.20. The van der Waals surface area contributed by atoms with Crippen LogP contribution in [0.5, 0.6) is 0 Å². The average molecular weight is 216 g/mol. The molecule has 0 aromatic rings. The molecule has 15 heavy (non-hydrogen) atoms. The third kappa shape index (κ3) is 11.0. The molecule has 4 N–H and O–H groups in total. The number of carbonyl (C=O) groups is 1. The maximum atomic E-state index is 10.6. The molecule has 0 aliphatic heterocycles. The van der Waals surface area contributed by atoms with Crippen LogP contribution in [-0.2, 0) is 14.5 Å². The van der Waals surface area contributed by atoms with Crippen molar-refractivity contribution in [3.63, 3.8) is 0 Å². The normalized spacial score (nSPS) is 10.8. The van der Waals surface area contributed by atoms with Crippen molar-refractivity contribution in [2.75, 3.05) is 6.61 Å². The summed E-state index contributed by atoms with van der Waals surface area (Å²) in [4.78, 5) is 19.0. The Bertz CT molecular complexity index is 184. The second-order valence-electron chi connectivity index (χ2n) is 3.27. The number of hydrogen-bond donors (Lipinski definition) is 2. The fourth-order valence-corrected chi connectivity index (χ4v) is 1.20. The van der Waals surface area contributed by atoms with Gasteiger partial charge in [0.1, 0.15) is 0 Å². The lowest BCUT2D eigenvalue weighted by molar-refractivity contribution is -0.138. The molecule has 0 aromatic heterocycles. The van der Waals surface area contributed by atoms with E-state index in [2.05, 4.69) is 15.6 Å². The van der Waals surface area contributed by atoms with Crippen LogP contribution < -0.4 is 11.8 Å². The Kier molecular flexibility index (Phi) is 10.5. The van der Waals surface area contributed by atoms with Gasteiger partial charge < -0.3 is 9.68 Å². The Balaban J connectivity index is 3.11. The molecule has 5 heteroatoms. The van der Waals surface area contributed by atoms with E-state index in [0.717, 1.165) is 32.1 Å². The second kappa shape index (κ2) is 11.2. The van der Waals surface area contributed by atoms with Crippen molar-refractivity contribution in [3.05, 3.63) is 12.2 Å². The molecule has 0 aromatic carbocycles. The number of hydrogen-bond acceptors (Lipinski definition) is 5. The molecule has 0 saturated heterocycles. The van der Waals surface area contributed by atoms with Crippen molar-refractivity contribution in [3.8, 4) is 0 Å². The first-order valence-electron chi connectivity index (χ1n) is 5.20. The van der Waals surface area contributed by atoms with Gasteiger partial charge in [0.15, 0.2) is 0 Å². The molecular weight excluding hydrogens is 196 g/mol. The van der Waals surface area contributed by atoms with Crippen LogP contribution in [-0.4, -0.2) is 12.6 Å². The molecule has 0 radical (unpaired) electrons. The largest absolute Gasteiger partial charge is 0.370 e. The van der Waals surface area contributed by atoms with E-state index >= 15 is 0 Å². The molecule has 0 saturated carbocycles. The van der Waals surface area contributed by atoms with Crippen molar-refractivity contribution in [1.29, 1.82) is 0 Å². The molecule has 0 rings (SSSR count). The van der Waals surface area contributed by atoms with Crippen molar-refractivity contribution >= 4 is 5.97 Å². The van der Waals surface area contributed by atoms with E-state index in [-0.39, 0.29) is 0 Å². The van der Waals surface area contributed by atoms with Crippen molar-refractivity contribution in [2.24, 2.45) is 11.8 Å². The van der Waals surface area contributed by atoms with Gasteiger partial charge in [0.2, 0.25) is 0 Å². The molecule has 0 unspecified atom stereocenters. The Labute approximate surface area is 90.3 Å². The summed E-state index contributed by atoms with van der Waals surface area (Å²) in [6.45, 7) is 0.627. The molecule has 0 heterocycles. The SMILES string of the molecule is NOCCCCCCC/C=C/C(=O)ON. The van der Waals surface area contributed by atoms with Gasteiger partial charge in [-0.15, -0.1) is 0 Å². The zero-order chi connectivity index (χ0) is 11.4. The van der Waals surface area contributed by atoms with Gasteiger partial charge in [-0.1, -0.05) is 25.3 Å². The van der Waals surface area contributed by atoms with E-state index in [9.17, 15) is 4.79 Å². The standard InChI is InChI=1S/C10H20N2O3/c11-14-9-7-5-3-1-2-4-6-8-10(13)15-12/h6,8H,1-5,7,9,11-12H2/b8-6+. The maximum absolute atomic E-state index is 10.6. The zero-order valence-electron chi connectivity index (χ0n) is 8.98. The molecule has 0 spiro atoms. The molecule has 0 amide bonds. The van der Waals surface area contributed by atoms with Gasteiger partial charge in [-0.3, -0.25) is 0 Å². The Morgan fingerprint density at radius 2 is 1.73 bits per heavy atom. The summed E-state index contributed by atoms with van der Waals surface area (Å²) in [5, 5.41) is 0. The fourth-order valence-electron chi connectivity index (χ4n) is 1.20. The first-order chi connectivity index (χ1) is 7.31. The van der Waals surface area contributed by atoms with Crippen LogP contribution in [0.1, 0.15) is 38.5 Å². The number of allylic oxidation sites excluding steroid dienone is 1. The summed E-state index contributed by atoms with van der Waals surface area (Å²) in [6.07, 6.45) is 9.52. The van der Waals surface area contributed by atoms with Gasteiger partial charge >= 0.3 is 5.97 Å². The van der Waals surface area contributed by atoms with Gasteiger partial charge in [0, 0.05) is 6.08 Å². The summed E-state index contributed by atoms with van der Waals surface area (Å²) in [6, 6.07) is 0. The Hall–Kier alpha value is -0.910. The monoisotopic (exact) mass is 216 g/mol.